The van der Waals surface area contributed by atoms with Crippen LogP contribution in [0.1, 0.15) is 69.4 Å². The molecule has 3 amide bonds. The van der Waals surface area contributed by atoms with Crippen molar-refractivity contribution in [1.29, 1.82) is 0 Å². The van der Waals surface area contributed by atoms with Gasteiger partial charge in [-0.3, -0.25) is 24.3 Å². The van der Waals surface area contributed by atoms with Gasteiger partial charge in [-0.05, 0) is 85.4 Å². The second-order valence-corrected chi connectivity index (χ2v) is 16.8. The normalized spacial score (nSPS) is 27.3. The van der Waals surface area contributed by atoms with Crippen LogP contribution in [0.15, 0.2) is 65.7 Å². The summed E-state index contributed by atoms with van der Waals surface area (Å²) in [6.07, 6.45) is 4.31. The molecule has 3 aliphatic heterocycles. The Balaban J connectivity index is 0.000000402. The molecule has 6 N–H and O–H groups in total. The molecule has 52 heavy (non-hydrogen) atoms. The number of anilines is 1. The Bertz CT molecular complexity index is 1990. The van der Waals surface area contributed by atoms with Gasteiger partial charge >= 0.3 is 0 Å². The minimum Gasteiger partial charge on any atom is -0.367 e. The molecule has 16 heteroatoms. The van der Waals surface area contributed by atoms with Crippen molar-refractivity contribution in [3.05, 3.63) is 87.9 Å². The molecule has 278 valence electrons. The smallest absolute Gasteiger partial charge is 0.294 e. The maximum Gasteiger partial charge on any atom is 0.294 e. The van der Waals surface area contributed by atoms with E-state index in [1.54, 1.807) is 30.3 Å². The minimum atomic E-state index is -4.00. The van der Waals surface area contributed by atoms with Gasteiger partial charge in [0, 0.05) is 28.4 Å². The fourth-order valence-corrected chi connectivity index (χ4v) is 9.14. The zero-order valence-electron chi connectivity index (χ0n) is 28.5. The van der Waals surface area contributed by atoms with Crippen molar-refractivity contribution in [3.8, 4) is 0 Å². The van der Waals surface area contributed by atoms with Crippen LogP contribution in [0.25, 0.3) is 0 Å². The van der Waals surface area contributed by atoms with Crippen molar-refractivity contribution in [2.45, 2.75) is 92.3 Å². The molecular weight excluding hydrogens is 736 g/mol. The number of nitrogens with zero attached hydrogens (tertiary/aromatic N) is 1. The number of carbonyl (C=O) groups is 3. The van der Waals surface area contributed by atoms with Gasteiger partial charge in [0.2, 0.25) is 17.7 Å². The molecule has 2 saturated heterocycles. The minimum absolute atomic E-state index is 0.0312. The molecular formula is C36H40Cl2FN5O7S. The van der Waals surface area contributed by atoms with Gasteiger partial charge in [0.05, 0.1) is 23.6 Å². The molecule has 2 spiro atoms. The fraction of sp³-hybridized carbons (Fsp3) is 0.444. The zero-order chi connectivity index (χ0) is 37.6. The average Bonchev–Trinajstić information content (AvgIpc) is 3.56. The highest BCUT2D eigenvalue weighted by Crippen LogP contribution is 2.64. The Kier molecular flexibility index (Phi) is 10.5. The summed E-state index contributed by atoms with van der Waals surface area (Å²) < 4.78 is 50.8. The highest BCUT2D eigenvalue weighted by molar-refractivity contribution is 7.85. The molecule has 5 atom stereocenters. The molecule has 0 radical (unpaired) electrons. The third-order valence-electron chi connectivity index (χ3n) is 10.9. The van der Waals surface area contributed by atoms with Gasteiger partial charge in [-0.25, -0.2) is 9.37 Å². The third-order valence-corrected chi connectivity index (χ3v) is 12.3. The van der Waals surface area contributed by atoms with Gasteiger partial charge in [0.15, 0.2) is 11.0 Å². The van der Waals surface area contributed by atoms with Crippen LogP contribution >= 0.6 is 23.2 Å². The predicted octanol–water partition coefficient (Wildman–Crippen LogP) is 4.89. The van der Waals surface area contributed by atoms with E-state index in [2.05, 4.69) is 34.8 Å². The molecule has 3 aromatic rings. The summed E-state index contributed by atoms with van der Waals surface area (Å²) in [4.78, 5) is 44.1. The summed E-state index contributed by atoms with van der Waals surface area (Å²) in [5.74, 6) is -2.99. The Morgan fingerprint density at radius 1 is 1.06 bits per heavy atom. The number of rotatable bonds is 5. The van der Waals surface area contributed by atoms with Crippen molar-refractivity contribution < 1.29 is 36.5 Å². The Labute approximate surface area is 311 Å². The van der Waals surface area contributed by atoms with Crippen molar-refractivity contribution in [2.24, 2.45) is 11.1 Å². The third kappa shape index (κ3) is 6.92. The highest BCUT2D eigenvalue weighted by Gasteiger charge is 2.73. The Hall–Kier alpha value is -3.66. The monoisotopic (exact) mass is 775 g/mol. The summed E-state index contributed by atoms with van der Waals surface area (Å²) in [6, 6.07) is 12.8. The standard InChI is InChI=1S/C30H34Cl2FN5O4.C6H6O3S/c1-28(2)8-10-29(11-9-28)30(18-5-3-15(31)13-19(18)37-27(30)41)21(17-7-12-35-24(32)22(17)33)23(38-29)26(40)36-16-4-6-20(25(34)39)42-14-16;7-10(8,9)6-4-2-1-3-5-6/h3,5,7,12-13,16,20-21,23,38H,4,6,8-11,14H2,1-2H3,(H2,34,39)(H,36,40)(H,37,41);1-5H,(H,7,8,9)/t16-,20+,21+,23-,30-;/m1./s1. The van der Waals surface area contributed by atoms with Gasteiger partial charge in [0.1, 0.15) is 11.5 Å². The predicted molar refractivity (Wildman–Crippen MR) is 192 cm³/mol. The number of fused-ring (bicyclic) bond motifs is 3. The number of pyridine rings is 1. The van der Waals surface area contributed by atoms with Gasteiger partial charge < -0.3 is 21.1 Å². The van der Waals surface area contributed by atoms with Crippen LogP contribution in [0, 0.1) is 11.2 Å². The lowest BCUT2D eigenvalue weighted by Crippen LogP contribution is -2.61. The number of nitrogens with one attached hydrogen (secondary N) is 3. The molecule has 2 aromatic carbocycles. The van der Waals surface area contributed by atoms with Gasteiger partial charge in [-0.2, -0.15) is 8.42 Å². The lowest BCUT2D eigenvalue weighted by Gasteiger charge is -2.50. The number of halogens is 3. The van der Waals surface area contributed by atoms with Crippen LogP contribution < -0.4 is 21.7 Å². The number of hydrogen-bond donors (Lipinski definition) is 5. The van der Waals surface area contributed by atoms with Crippen LogP contribution in [0.4, 0.5) is 10.1 Å². The topological polar surface area (TPSA) is 190 Å². The number of nitrogens with two attached hydrogens (primary N) is 1. The quantitative estimate of drug-likeness (QED) is 0.177. The molecule has 3 fully saturated rings. The number of hydrogen-bond acceptors (Lipinski definition) is 8. The lowest BCUT2D eigenvalue weighted by atomic mass is 9.53. The number of aromatic nitrogens is 1. The van der Waals surface area contributed by atoms with Gasteiger partial charge in [-0.15, -0.1) is 0 Å². The second kappa shape index (κ2) is 14.3. The largest absolute Gasteiger partial charge is 0.367 e. The van der Waals surface area contributed by atoms with Gasteiger partial charge in [-0.1, -0.05) is 61.3 Å². The Morgan fingerprint density at radius 3 is 2.35 bits per heavy atom. The molecule has 0 unspecified atom stereocenters. The summed E-state index contributed by atoms with van der Waals surface area (Å²) >= 11 is 12.5. The molecule has 7 rings (SSSR count). The maximum absolute atomic E-state index is 16.0. The molecule has 4 heterocycles. The number of benzene rings is 2. The average molecular weight is 777 g/mol. The van der Waals surface area contributed by atoms with E-state index in [1.807, 2.05) is 6.07 Å². The van der Waals surface area contributed by atoms with Crippen LogP contribution in [0.5, 0.6) is 0 Å². The van der Waals surface area contributed by atoms with Gasteiger partial charge in [0.25, 0.3) is 10.1 Å². The van der Waals surface area contributed by atoms with Crippen LogP contribution in [0.2, 0.25) is 10.2 Å². The first-order valence-corrected chi connectivity index (χ1v) is 19.1. The summed E-state index contributed by atoms with van der Waals surface area (Å²) in [7, 11) is -4.00. The van der Waals surface area contributed by atoms with E-state index in [9.17, 15) is 22.8 Å². The first-order valence-electron chi connectivity index (χ1n) is 16.9. The number of amides is 3. The molecule has 12 nitrogen and oxygen atoms in total. The van der Waals surface area contributed by atoms with E-state index in [1.165, 1.54) is 24.4 Å². The first-order chi connectivity index (χ1) is 24.5. The van der Waals surface area contributed by atoms with E-state index in [0.717, 1.165) is 12.8 Å². The van der Waals surface area contributed by atoms with E-state index >= 15 is 4.39 Å². The van der Waals surface area contributed by atoms with Crippen molar-refractivity contribution in [3.63, 3.8) is 0 Å². The van der Waals surface area contributed by atoms with Crippen molar-refractivity contribution >= 4 is 56.7 Å². The fourth-order valence-electron chi connectivity index (χ4n) is 8.30. The number of primary amides is 1. The highest BCUT2D eigenvalue weighted by atomic mass is 35.5. The molecule has 1 saturated carbocycles. The van der Waals surface area contributed by atoms with Crippen molar-refractivity contribution in [2.75, 3.05) is 11.9 Å². The van der Waals surface area contributed by atoms with Crippen LogP contribution in [0.3, 0.4) is 0 Å². The van der Waals surface area contributed by atoms with E-state index in [4.69, 9.17) is 38.2 Å². The summed E-state index contributed by atoms with van der Waals surface area (Å²) in [5, 5.41) is 9.81. The van der Waals surface area contributed by atoms with E-state index in [-0.39, 0.29) is 39.6 Å². The molecule has 4 aliphatic rings. The maximum atomic E-state index is 16.0. The lowest BCUT2D eigenvalue weighted by molar-refractivity contribution is -0.134. The number of carbonyl (C=O) groups excluding carboxylic acids is 3. The van der Waals surface area contributed by atoms with E-state index in [0.29, 0.717) is 42.0 Å². The molecule has 0 bridgehead atoms. The zero-order valence-corrected chi connectivity index (χ0v) is 30.8. The molecule has 1 aliphatic carbocycles. The molecule has 1 aromatic heterocycles. The second-order valence-electron chi connectivity index (χ2n) is 14.6. The van der Waals surface area contributed by atoms with Crippen LogP contribution in [-0.4, -0.2) is 66.0 Å². The van der Waals surface area contributed by atoms with Crippen LogP contribution in [-0.2, 0) is 34.7 Å². The summed E-state index contributed by atoms with van der Waals surface area (Å²) in [6.45, 7) is 4.49. The summed E-state index contributed by atoms with van der Waals surface area (Å²) in [5.41, 5.74) is 4.54. The van der Waals surface area contributed by atoms with Crippen molar-refractivity contribution in [1.82, 2.24) is 15.6 Å². The Morgan fingerprint density at radius 2 is 1.75 bits per heavy atom. The first kappa shape index (κ1) is 38.1. The van der Waals surface area contributed by atoms with E-state index < -0.39 is 56.8 Å². The SMILES string of the molecule is CC1(C)CCC2(CC1)N[C@@H](C(=O)N[C@@H]1CC[C@@H](C(N)=O)OC1)[C@H](c1ccnc(Cl)c1F)[C@]21C(=O)Nc2cc(Cl)ccc21.O=S(=O)(O)c1ccccc1. The number of ether oxygens (including phenoxy) is 1.